The lowest BCUT2D eigenvalue weighted by atomic mass is 10.2. The number of piperazine rings is 1. The van der Waals surface area contributed by atoms with Crippen molar-refractivity contribution in [3.63, 3.8) is 0 Å². The maximum atomic E-state index is 8.74. The Morgan fingerprint density at radius 3 is 2.88 bits per heavy atom. The van der Waals surface area contributed by atoms with E-state index in [1.807, 2.05) is 18.3 Å². The monoisotopic (exact) mass is 248 g/mol. The van der Waals surface area contributed by atoms with Gasteiger partial charge in [-0.3, -0.25) is 4.90 Å². The summed E-state index contributed by atoms with van der Waals surface area (Å²) in [5.41, 5.74) is 1.14. The molecule has 2 fully saturated rings. The summed E-state index contributed by atoms with van der Waals surface area (Å²) in [4.78, 5) is 8.77. The number of halogens is 1. The summed E-state index contributed by atoms with van der Waals surface area (Å²) in [7, 11) is 0. The van der Waals surface area contributed by atoms with Gasteiger partial charge in [-0.1, -0.05) is 11.6 Å². The van der Waals surface area contributed by atoms with Crippen LogP contribution in [0.15, 0.2) is 18.3 Å². The van der Waals surface area contributed by atoms with Crippen LogP contribution in [0.25, 0.3) is 0 Å². The van der Waals surface area contributed by atoms with Gasteiger partial charge >= 0.3 is 0 Å². The summed E-state index contributed by atoms with van der Waals surface area (Å²) in [5, 5.41) is 9.27. The maximum Gasteiger partial charge on any atom is 0.129 e. The van der Waals surface area contributed by atoms with E-state index in [1.54, 1.807) is 0 Å². The van der Waals surface area contributed by atoms with E-state index < -0.39 is 0 Å². The summed E-state index contributed by atoms with van der Waals surface area (Å²) < 4.78 is 0. The summed E-state index contributed by atoms with van der Waals surface area (Å²) >= 11 is 5.79. The third-order valence-corrected chi connectivity index (χ3v) is 3.89. The first-order valence-electron chi connectivity index (χ1n) is 5.77. The normalized spacial score (nSPS) is 27.4. The van der Waals surface area contributed by atoms with E-state index in [2.05, 4.69) is 20.9 Å². The molecule has 3 rings (SSSR count). The van der Waals surface area contributed by atoms with Gasteiger partial charge in [-0.05, 0) is 18.6 Å². The lowest BCUT2D eigenvalue weighted by Gasteiger charge is -2.34. The number of nitrogens with zero attached hydrogens (tertiary/aromatic N) is 4. The molecule has 2 aliphatic rings. The molecule has 2 saturated heterocycles. The average Bonchev–Trinajstić information content (AvgIpc) is 2.90. The quantitative estimate of drug-likeness (QED) is 0.588. The minimum absolute atomic E-state index is 0.523. The maximum absolute atomic E-state index is 8.74. The predicted molar refractivity (Wildman–Crippen MR) is 66.0 cm³/mol. The molecule has 5 heteroatoms. The van der Waals surface area contributed by atoms with Crippen LogP contribution in [0.3, 0.4) is 0 Å². The van der Waals surface area contributed by atoms with Crippen LogP contribution >= 0.6 is 11.6 Å². The molecule has 17 heavy (non-hydrogen) atoms. The van der Waals surface area contributed by atoms with Crippen LogP contribution in [0.4, 0.5) is 5.69 Å². The number of fused-ring (bicyclic) bond motifs is 2. The predicted octanol–water partition coefficient (Wildman–Crippen LogP) is 1.52. The van der Waals surface area contributed by atoms with Crippen LogP contribution in [-0.2, 0) is 0 Å². The highest BCUT2D eigenvalue weighted by molar-refractivity contribution is 6.29. The largest absolute Gasteiger partial charge is 0.364 e. The van der Waals surface area contributed by atoms with E-state index in [1.165, 1.54) is 0 Å². The number of pyridine rings is 1. The second-order valence-electron chi connectivity index (χ2n) is 4.62. The molecule has 2 bridgehead atoms. The highest BCUT2D eigenvalue weighted by Gasteiger charge is 2.42. The smallest absolute Gasteiger partial charge is 0.129 e. The van der Waals surface area contributed by atoms with E-state index in [4.69, 9.17) is 16.9 Å². The summed E-state index contributed by atoms with van der Waals surface area (Å²) in [6.45, 7) is 2.53. The first kappa shape index (κ1) is 10.8. The van der Waals surface area contributed by atoms with Crippen molar-refractivity contribution in [2.24, 2.45) is 0 Å². The molecule has 1 aromatic rings. The molecule has 0 radical (unpaired) electrons. The Kier molecular flexibility index (Phi) is 2.65. The van der Waals surface area contributed by atoms with Crippen molar-refractivity contribution >= 4 is 17.3 Å². The SMILES string of the molecule is N#CCN1CC2CC1CN2c1ccc(Cl)nc1. The van der Waals surface area contributed by atoms with Gasteiger partial charge in [-0.15, -0.1) is 0 Å². The Balaban J connectivity index is 1.74. The highest BCUT2D eigenvalue weighted by Crippen LogP contribution is 2.34. The fourth-order valence-electron chi connectivity index (χ4n) is 2.89. The number of likely N-dealkylation sites (tertiary alicyclic amines) is 1. The van der Waals surface area contributed by atoms with Gasteiger partial charge in [0.05, 0.1) is 24.5 Å². The number of aromatic nitrogens is 1. The molecule has 4 nitrogen and oxygen atoms in total. The fourth-order valence-corrected chi connectivity index (χ4v) is 3.00. The molecule has 0 aliphatic carbocycles. The molecule has 0 amide bonds. The molecule has 2 unspecified atom stereocenters. The first-order chi connectivity index (χ1) is 8.28. The van der Waals surface area contributed by atoms with Gasteiger partial charge in [-0.2, -0.15) is 5.26 Å². The Morgan fingerprint density at radius 2 is 2.29 bits per heavy atom. The van der Waals surface area contributed by atoms with Gasteiger partial charge in [0.1, 0.15) is 5.15 Å². The molecule has 0 N–H and O–H groups in total. The highest BCUT2D eigenvalue weighted by atomic mass is 35.5. The second kappa shape index (κ2) is 4.17. The average molecular weight is 249 g/mol. The van der Waals surface area contributed by atoms with Crippen molar-refractivity contribution in [2.45, 2.75) is 18.5 Å². The number of hydrogen-bond donors (Lipinski definition) is 0. The Bertz CT molecular complexity index is 453. The molecule has 0 aromatic carbocycles. The Morgan fingerprint density at radius 1 is 1.41 bits per heavy atom. The van der Waals surface area contributed by atoms with E-state index in [-0.39, 0.29) is 0 Å². The third kappa shape index (κ3) is 1.86. The molecule has 1 aromatic heterocycles. The molecule has 88 valence electrons. The molecule has 0 spiro atoms. The first-order valence-corrected chi connectivity index (χ1v) is 6.15. The minimum atomic E-state index is 0.523. The summed E-state index contributed by atoms with van der Waals surface area (Å²) in [5.74, 6) is 0. The van der Waals surface area contributed by atoms with Gasteiger partial charge in [0.15, 0.2) is 0 Å². The van der Waals surface area contributed by atoms with Gasteiger partial charge < -0.3 is 4.90 Å². The second-order valence-corrected chi connectivity index (χ2v) is 5.01. The molecular weight excluding hydrogens is 236 g/mol. The lowest BCUT2D eigenvalue weighted by Crippen LogP contribution is -2.46. The van der Waals surface area contributed by atoms with Crippen molar-refractivity contribution in [3.05, 3.63) is 23.5 Å². The van der Waals surface area contributed by atoms with Crippen LogP contribution in [0.2, 0.25) is 5.15 Å². The van der Waals surface area contributed by atoms with E-state index >= 15 is 0 Å². The zero-order valence-corrected chi connectivity index (χ0v) is 10.1. The molecule has 2 atom stereocenters. The topological polar surface area (TPSA) is 43.2 Å². The van der Waals surface area contributed by atoms with E-state index in [9.17, 15) is 0 Å². The van der Waals surface area contributed by atoms with Gasteiger partial charge in [-0.25, -0.2) is 4.98 Å². The Hall–Kier alpha value is -1.31. The van der Waals surface area contributed by atoms with Gasteiger partial charge in [0.25, 0.3) is 0 Å². The number of nitriles is 1. The van der Waals surface area contributed by atoms with Crippen molar-refractivity contribution in [1.29, 1.82) is 5.26 Å². The lowest BCUT2D eigenvalue weighted by molar-refractivity contribution is 0.267. The zero-order chi connectivity index (χ0) is 11.8. The molecule has 3 heterocycles. The molecular formula is C12H13ClN4. The number of hydrogen-bond acceptors (Lipinski definition) is 4. The van der Waals surface area contributed by atoms with Gasteiger partial charge in [0.2, 0.25) is 0 Å². The summed E-state index contributed by atoms with van der Waals surface area (Å²) in [6.07, 6.45) is 2.99. The van der Waals surface area contributed by atoms with Crippen LogP contribution in [-0.4, -0.2) is 41.6 Å². The van der Waals surface area contributed by atoms with Crippen molar-refractivity contribution < 1.29 is 0 Å². The van der Waals surface area contributed by atoms with Crippen LogP contribution in [0.5, 0.6) is 0 Å². The van der Waals surface area contributed by atoms with Gasteiger partial charge in [0, 0.05) is 25.2 Å². The fraction of sp³-hybridized carbons (Fsp3) is 0.500. The minimum Gasteiger partial charge on any atom is -0.364 e. The van der Waals surface area contributed by atoms with Crippen molar-refractivity contribution in [3.8, 4) is 6.07 Å². The standard InChI is InChI=1S/C12H13ClN4/c13-12-2-1-9(6-15-12)17-8-10-5-11(17)7-16(10)4-3-14/h1-2,6,10-11H,4-5,7-8H2. The number of rotatable bonds is 2. The molecule has 2 aliphatic heterocycles. The van der Waals surface area contributed by atoms with Crippen molar-refractivity contribution in [1.82, 2.24) is 9.88 Å². The number of anilines is 1. The van der Waals surface area contributed by atoms with E-state index in [0.717, 1.165) is 25.2 Å². The van der Waals surface area contributed by atoms with E-state index in [0.29, 0.717) is 23.8 Å². The van der Waals surface area contributed by atoms with Crippen LogP contribution < -0.4 is 4.90 Å². The van der Waals surface area contributed by atoms with Crippen molar-refractivity contribution in [2.75, 3.05) is 24.5 Å². The van der Waals surface area contributed by atoms with Crippen LogP contribution in [0, 0.1) is 11.3 Å². The molecule has 0 saturated carbocycles. The third-order valence-electron chi connectivity index (χ3n) is 3.67. The van der Waals surface area contributed by atoms with Crippen LogP contribution in [0.1, 0.15) is 6.42 Å². The summed E-state index contributed by atoms with van der Waals surface area (Å²) in [6, 6.07) is 7.13. The zero-order valence-electron chi connectivity index (χ0n) is 9.38. The Labute approximate surface area is 105 Å².